The number of nitrogens with one attached hydrogen (secondary N) is 1. The summed E-state index contributed by atoms with van der Waals surface area (Å²) in [5.41, 5.74) is 4.53. The molecule has 2 atom stereocenters. The average molecular weight is 486 g/mol. The Balaban J connectivity index is 1.35. The van der Waals surface area contributed by atoms with Crippen LogP contribution >= 0.6 is 0 Å². The number of aliphatic imine (C=N–C) groups is 1. The number of pyridine rings is 1. The number of aromatic nitrogens is 3. The van der Waals surface area contributed by atoms with E-state index in [2.05, 4.69) is 25.3 Å². The largest absolute Gasteiger partial charge is 0.473 e. The molecule has 36 heavy (non-hydrogen) atoms. The Hall–Kier alpha value is -4.08. The van der Waals surface area contributed by atoms with Crippen molar-refractivity contribution in [3.05, 3.63) is 77.9 Å². The Labute approximate surface area is 208 Å². The number of aliphatic hydroxyl groups excluding tert-OH is 2. The zero-order valence-corrected chi connectivity index (χ0v) is 20.0. The first kappa shape index (κ1) is 23.7. The van der Waals surface area contributed by atoms with E-state index in [9.17, 15) is 10.2 Å². The molecule has 9 nitrogen and oxygen atoms in total. The molecular formula is C27H27N5O4. The van der Waals surface area contributed by atoms with Crippen molar-refractivity contribution in [1.82, 2.24) is 15.0 Å². The minimum absolute atomic E-state index is 0.167. The maximum atomic E-state index is 9.46. The first-order chi connectivity index (χ1) is 17.5. The highest BCUT2D eigenvalue weighted by Crippen LogP contribution is 2.30. The molecule has 0 aliphatic carbocycles. The number of anilines is 2. The third-order valence-corrected chi connectivity index (χ3v) is 6.00. The van der Waals surface area contributed by atoms with Gasteiger partial charge in [0.05, 0.1) is 24.9 Å². The molecule has 0 amide bonds. The van der Waals surface area contributed by atoms with E-state index < -0.39 is 12.1 Å². The van der Waals surface area contributed by atoms with Crippen molar-refractivity contribution in [2.24, 2.45) is 4.99 Å². The number of rotatable bonds is 8. The minimum Gasteiger partial charge on any atom is -0.473 e. The predicted octanol–water partition coefficient (Wildman–Crippen LogP) is 3.87. The number of fused-ring (bicyclic) bond motifs is 1. The number of nitrogens with zero attached hydrogens (tertiary/aromatic N) is 4. The van der Waals surface area contributed by atoms with Crippen LogP contribution < -0.4 is 10.1 Å². The first-order valence-corrected chi connectivity index (χ1v) is 11.7. The van der Waals surface area contributed by atoms with Gasteiger partial charge in [-0.2, -0.15) is 0 Å². The fourth-order valence-corrected chi connectivity index (χ4v) is 4.06. The van der Waals surface area contributed by atoms with Crippen molar-refractivity contribution in [2.75, 3.05) is 18.5 Å². The van der Waals surface area contributed by atoms with Crippen LogP contribution in [-0.4, -0.2) is 56.4 Å². The summed E-state index contributed by atoms with van der Waals surface area (Å²) < 4.78 is 11.7. The maximum absolute atomic E-state index is 9.46. The summed E-state index contributed by atoms with van der Waals surface area (Å²) in [5.74, 6) is 2.60. The van der Waals surface area contributed by atoms with Gasteiger partial charge in [-0.05, 0) is 67.4 Å². The summed E-state index contributed by atoms with van der Waals surface area (Å²) >= 11 is 0. The van der Waals surface area contributed by atoms with E-state index in [0.29, 0.717) is 23.9 Å². The Morgan fingerprint density at radius 2 is 1.86 bits per heavy atom. The molecule has 2 aromatic carbocycles. The van der Waals surface area contributed by atoms with E-state index in [-0.39, 0.29) is 13.2 Å². The number of aliphatic hydroxyl groups is 2. The van der Waals surface area contributed by atoms with Crippen molar-refractivity contribution in [2.45, 2.75) is 32.4 Å². The van der Waals surface area contributed by atoms with Gasteiger partial charge in [0.1, 0.15) is 35.8 Å². The smallest absolute Gasteiger partial charge is 0.188 e. The molecular weight excluding hydrogens is 458 g/mol. The zero-order chi connectivity index (χ0) is 25.1. The monoisotopic (exact) mass is 485 g/mol. The van der Waals surface area contributed by atoms with Gasteiger partial charge in [0.15, 0.2) is 5.90 Å². The van der Waals surface area contributed by atoms with Gasteiger partial charge in [0, 0.05) is 23.2 Å². The van der Waals surface area contributed by atoms with Crippen molar-refractivity contribution in [1.29, 1.82) is 0 Å². The van der Waals surface area contributed by atoms with Crippen molar-refractivity contribution < 1.29 is 19.7 Å². The summed E-state index contributed by atoms with van der Waals surface area (Å²) in [5, 5.41) is 23.1. The lowest BCUT2D eigenvalue weighted by Crippen LogP contribution is -2.29. The molecule has 0 bridgehead atoms. The molecule has 2 unspecified atom stereocenters. The van der Waals surface area contributed by atoms with Gasteiger partial charge in [-0.15, -0.1) is 0 Å². The molecule has 0 fully saturated rings. The van der Waals surface area contributed by atoms with Gasteiger partial charge in [0.2, 0.25) is 0 Å². The molecule has 9 heteroatoms. The van der Waals surface area contributed by atoms with Gasteiger partial charge in [-0.1, -0.05) is 6.07 Å². The number of hydrogen-bond donors (Lipinski definition) is 3. The summed E-state index contributed by atoms with van der Waals surface area (Å²) in [7, 11) is 0. The highest BCUT2D eigenvalue weighted by Gasteiger charge is 2.29. The summed E-state index contributed by atoms with van der Waals surface area (Å²) in [6.07, 6.45) is 3.17. The molecule has 0 saturated carbocycles. The van der Waals surface area contributed by atoms with E-state index >= 15 is 0 Å². The van der Waals surface area contributed by atoms with Crippen LogP contribution in [0.15, 0.2) is 66.0 Å². The fraction of sp³-hybridized carbons (Fsp3) is 0.259. The summed E-state index contributed by atoms with van der Waals surface area (Å²) in [4.78, 5) is 17.5. The lowest BCUT2D eigenvalue weighted by Gasteiger charge is -2.13. The van der Waals surface area contributed by atoms with Gasteiger partial charge >= 0.3 is 0 Å². The van der Waals surface area contributed by atoms with Crippen LogP contribution in [0.2, 0.25) is 0 Å². The van der Waals surface area contributed by atoms with Crippen LogP contribution in [0.25, 0.3) is 10.9 Å². The number of hydrogen-bond acceptors (Lipinski definition) is 9. The second-order valence-corrected chi connectivity index (χ2v) is 8.70. The number of aryl methyl sites for hydroxylation is 2. The van der Waals surface area contributed by atoms with Crippen molar-refractivity contribution in [3.8, 4) is 11.5 Å². The highest BCUT2D eigenvalue weighted by atomic mass is 16.5. The summed E-state index contributed by atoms with van der Waals surface area (Å²) in [6.45, 7) is 3.56. The van der Waals surface area contributed by atoms with Crippen LogP contribution in [0.4, 0.5) is 11.5 Å². The van der Waals surface area contributed by atoms with E-state index in [1.165, 1.54) is 6.33 Å². The molecule has 1 aliphatic heterocycles. The lowest BCUT2D eigenvalue weighted by atomic mass is 10.1. The van der Waals surface area contributed by atoms with Gasteiger partial charge < -0.3 is 25.0 Å². The van der Waals surface area contributed by atoms with Crippen molar-refractivity contribution >= 4 is 28.3 Å². The second kappa shape index (κ2) is 10.3. The van der Waals surface area contributed by atoms with Crippen LogP contribution in [0.5, 0.6) is 11.5 Å². The minimum atomic E-state index is -0.511. The second-order valence-electron chi connectivity index (χ2n) is 8.70. The SMILES string of the molecule is Cc1ccc(Oc2ccc(Nc3ncnc4ccc(CC5=NC(CO)C(CO)O5)cc34)cc2C)cn1. The maximum Gasteiger partial charge on any atom is 0.188 e. The van der Waals surface area contributed by atoms with E-state index in [0.717, 1.165) is 39.2 Å². The zero-order valence-electron chi connectivity index (χ0n) is 20.0. The molecule has 0 saturated heterocycles. The molecule has 3 N–H and O–H groups in total. The summed E-state index contributed by atoms with van der Waals surface area (Å²) in [6, 6.07) is 15.1. The molecule has 2 aromatic heterocycles. The Bertz CT molecular complexity index is 1410. The molecule has 0 spiro atoms. The normalized spacial score (nSPS) is 17.1. The van der Waals surface area contributed by atoms with Crippen LogP contribution in [0.1, 0.15) is 16.8 Å². The highest BCUT2D eigenvalue weighted by molar-refractivity contribution is 5.92. The van der Waals surface area contributed by atoms with Gasteiger partial charge in [-0.3, -0.25) is 4.98 Å². The van der Waals surface area contributed by atoms with Crippen LogP contribution in [0, 0.1) is 13.8 Å². The Kier molecular flexibility index (Phi) is 6.75. The van der Waals surface area contributed by atoms with Crippen molar-refractivity contribution in [3.63, 3.8) is 0 Å². The van der Waals surface area contributed by atoms with E-state index in [1.54, 1.807) is 6.20 Å². The standard InChI is InChI=1S/C27H27N5O4/c1-16-9-19(5-8-24(16)35-20-6-3-17(2)28-12-20)31-27-21-10-18(4-7-22(21)29-15-30-27)11-26-32-23(13-33)25(14-34)36-26/h3-10,12,15,23,25,33-34H,11,13-14H2,1-2H3,(H,29,30,31). The molecule has 5 rings (SSSR count). The molecule has 184 valence electrons. The number of ether oxygens (including phenoxy) is 2. The Morgan fingerprint density at radius 1 is 0.972 bits per heavy atom. The molecule has 1 aliphatic rings. The van der Waals surface area contributed by atoms with E-state index in [4.69, 9.17) is 9.47 Å². The third kappa shape index (κ3) is 5.12. The van der Waals surface area contributed by atoms with E-state index in [1.807, 2.05) is 62.4 Å². The lowest BCUT2D eigenvalue weighted by molar-refractivity contribution is 0.0858. The molecule has 0 radical (unpaired) electrons. The molecule has 3 heterocycles. The quantitative estimate of drug-likeness (QED) is 0.344. The predicted molar refractivity (Wildman–Crippen MR) is 137 cm³/mol. The topological polar surface area (TPSA) is 122 Å². The van der Waals surface area contributed by atoms with Crippen LogP contribution in [0.3, 0.4) is 0 Å². The molecule has 4 aromatic rings. The number of benzene rings is 2. The fourth-order valence-electron chi connectivity index (χ4n) is 4.06. The van der Waals surface area contributed by atoms with Crippen LogP contribution in [-0.2, 0) is 11.2 Å². The first-order valence-electron chi connectivity index (χ1n) is 11.7. The third-order valence-electron chi connectivity index (χ3n) is 6.00. The Morgan fingerprint density at radius 3 is 2.58 bits per heavy atom. The average Bonchev–Trinajstić information content (AvgIpc) is 3.29. The van der Waals surface area contributed by atoms with Gasteiger partial charge in [-0.25, -0.2) is 15.0 Å². The van der Waals surface area contributed by atoms with Gasteiger partial charge in [0.25, 0.3) is 0 Å².